The molecule has 30 heavy (non-hydrogen) atoms. The van der Waals surface area contributed by atoms with Crippen molar-refractivity contribution in [1.82, 2.24) is 4.57 Å². The minimum atomic E-state index is -0.381. The number of ketones is 1. The van der Waals surface area contributed by atoms with Gasteiger partial charge in [-0.3, -0.25) is 4.79 Å². The van der Waals surface area contributed by atoms with Crippen LogP contribution in [0.3, 0.4) is 0 Å². The number of methoxy groups -OCH3 is 1. The largest absolute Gasteiger partial charge is 0.485 e. The van der Waals surface area contributed by atoms with Gasteiger partial charge in [-0.05, 0) is 56.3 Å². The molecule has 3 aromatic rings. The lowest BCUT2D eigenvalue weighted by atomic mass is 10.1. The first-order valence-corrected chi connectivity index (χ1v) is 9.63. The van der Waals surface area contributed by atoms with Crippen LogP contribution < -0.4 is 9.64 Å². The molecule has 0 aliphatic heterocycles. The molecule has 6 heteroatoms. The maximum Gasteiger partial charge on any atom is 0.337 e. The number of ether oxygens (including phenoxy) is 2. The van der Waals surface area contributed by atoms with Crippen LogP contribution in [-0.4, -0.2) is 44.1 Å². The molecule has 156 valence electrons. The van der Waals surface area contributed by atoms with Crippen LogP contribution in [0.2, 0.25) is 0 Å². The Hall–Kier alpha value is -3.54. The summed E-state index contributed by atoms with van der Waals surface area (Å²) >= 11 is 0. The third-order valence-corrected chi connectivity index (χ3v) is 4.98. The van der Waals surface area contributed by atoms with Crippen molar-refractivity contribution in [2.45, 2.75) is 13.8 Å². The molecule has 0 spiro atoms. The summed E-state index contributed by atoms with van der Waals surface area (Å²) in [6.07, 6.45) is 0. The molecule has 6 nitrogen and oxygen atoms in total. The van der Waals surface area contributed by atoms with Crippen LogP contribution in [0, 0.1) is 13.8 Å². The predicted molar refractivity (Wildman–Crippen MR) is 117 cm³/mol. The first-order chi connectivity index (χ1) is 14.3. The average molecular weight is 406 g/mol. The number of rotatable bonds is 7. The van der Waals surface area contributed by atoms with Crippen molar-refractivity contribution in [2.75, 3.05) is 32.7 Å². The Kier molecular flexibility index (Phi) is 6.26. The van der Waals surface area contributed by atoms with Gasteiger partial charge in [-0.2, -0.15) is 0 Å². The van der Waals surface area contributed by atoms with E-state index in [1.54, 1.807) is 12.1 Å². The number of nitrogens with zero attached hydrogens (tertiary/aromatic N) is 2. The van der Waals surface area contributed by atoms with Crippen molar-refractivity contribution in [1.29, 1.82) is 0 Å². The van der Waals surface area contributed by atoms with E-state index >= 15 is 0 Å². The second-order valence-corrected chi connectivity index (χ2v) is 7.26. The third-order valence-electron chi connectivity index (χ3n) is 4.98. The van der Waals surface area contributed by atoms with E-state index in [1.807, 2.05) is 79.9 Å². The van der Waals surface area contributed by atoms with E-state index in [4.69, 9.17) is 9.47 Å². The zero-order valence-corrected chi connectivity index (χ0v) is 17.9. The van der Waals surface area contributed by atoms with Crippen LogP contribution in [0.1, 0.15) is 32.1 Å². The van der Waals surface area contributed by atoms with Gasteiger partial charge in [-0.15, -0.1) is 0 Å². The molecule has 1 aromatic heterocycles. The highest BCUT2D eigenvalue weighted by atomic mass is 16.5. The fourth-order valence-corrected chi connectivity index (χ4v) is 3.38. The SMILES string of the molecule is COC(=O)c1ccc(-n2c(C)cc(C(=O)COc3cccc(N(C)C)c3)c2C)cc1. The molecule has 0 bridgehead atoms. The number of aryl methyl sites for hydroxylation is 1. The number of hydrogen-bond acceptors (Lipinski definition) is 5. The summed E-state index contributed by atoms with van der Waals surface area (Å²) in [5.74, 6) is 0.186. The molecule has 0 saturated carbocycles. The zero-order valence-electron chi connectivity index (χ0n) is 17.9. The lowest BCUT2D eigenvalue weighted by Crippen LogP contribution is -2.13. The Bertz CT molecular complexity index is 1070. The summed E-state index contributed by atoms with van der Waals surface area (Å²) in [6.45, 7) is 3.81. The molecule has 3 rings (SSSR count). The van der Waals surface area contributed by atoms with E-state index in [0.29, 0.717) is 16.9 Å². The van der Waals surface area contributed by atoms with Gasteiger partial charge in [-0.25, -0.2) is 4.79 Å². The van der Waals surface area contributed by atoms with Crippen molar-refractivity contribution < 1.29 is 19.1 Å². The number of carbonyl (C=O) groups is 2. The fourth-order valence-electron chi connectivity index (χ4n) is 3.38. The molecule has 0 unspecified atom stereocenters. The first-order valence-electron chi connectivity index (χ1n) is 9.63. The Balaban J connectivity index is 1.78. The number of Topliss-reactive ketones (excluding diaryl/α,β-unsaturated/α-hetero) is 1. The summed E-state index contributed by atoms with van der Waals surface area (Å²) in [6, 6.07) is 16.6. The van der Waals surface area contributed by atoms with Crippen molar-refractivity contribution in [2.24, 2.45) is 0 Å². The number of benzene rings is 2. The molecule has 1 heterocycles. The van der Waals surface area contributed by atoms with Crippen molar-refractivity contribution in [3.8, 4) is 11.4 Å². The minimum Gasteiger partial charge on any atom is -0.485 e. The number of carbonyl (C=O) groups excluding carboxylic acids is 2. The average Bonchev–Trinajstić information content (AvgIpc) is 3.05. The molecule has 0 aliphatic rings. The monoisotopic (exact) mass is 406 g/mol. The number of anilines is 1. The summed E-state index contributed by atoms with van der Waals surface area (Å²) in [5.41, 5.74) is 4.73. The van der Waals surface area contributed by atoms with Gasteiger partial charge >= 0.3 is 5.97 Å². The van der Waals surface area contributed by atoms with Crippen LogP contribution in [0.4, 0.5) is 5.69 Å². The number of aromatic nitrogens is 1. The molecule has 0 fully saturated rings. The predicted octanol–water partition coefficient (Wildman–Crippen LogP) is 4.21. The lowest BCUT2D eigenvalue weighted by molar-refractivity contribution is 0.0600. The Labute approximate surface area is 176 Å². The molecular formula is C24H26N2O4. The Morgan fingerprint density at radius 2 is 1.70 bits per heavy atom. The van der Waals surface area contributed by atoms with Crippen LogP contribution >= 0.6 is 0 Å². The number of esters is 1. The van der Waals surface area contributed by atoms with E-state index < -0.39 is 0 Å². The van der Waals surface area contributed by atoms with E-state index in [2.05, 4.69) is 0 Å². The van der Waals surface area contributed by atoms with Crippen LogP contribution in [0.25, 0.3) is 5.69 Å². The van der Waals surface area contributed by atoms with Crippen LogP contribution in [0.15, 0.2) is 54.6 Å². The second-order valence-electron chi connectivity index (χ2n) is 7.26. The fraction of sp³-hybridized carbons (Fsp3) is 0.250. The highest BCUT2D eigenvalue weighted by Crippen LogP contribution is 2.23. The van der Waals surface area contributed by atoms with Gasteiger partial charge in [0.1, 0.15) is 5.75 Å². The highest BCUT2D eigenvalue weighted by Gasteiger charge is 2.18. The smallest absolute Gasteiger partial charge is 0.337 e. The van der Waals surface area contributed by atoms with Gasteiger partial charge in [0.25, 0.3) is 0 Å². The van der Waals surface area contributed by atoms with Crippen molar-refractivity contribution in [3.63, 3.8) is 0 Å². The van der Waals surface area contributed by atoms with Gasteiger partial charge in [0.2, 0.25) is 5.78 Å². The van der Waals surface area contributed by atoms with Gasteiger partial charge in [0, 0.05) is 48.5 Å². The Morgan fingerprint density at radius 1 is 1.00 bits per heavy atom. The topological polar surface area (TPSA) is 60.8 Å². The van der Waals surface area contributed by atoms with Crippen molar-refractivity contribution >= 4 is 17.4 Å². The van der Waals surface area contributed by atoms with E-state index in [1.165, 1.54) is 7.11 Å². The van der Waals surface area contributed by atoms with Gasteiger partial charge in [-0.1, -0.05) is 6.07 Å². The summed E-state index contributed by atoms with van der Waals surface area (Å²) < 4.78 is 12.5. The normalized spacial score (nSPS) is 10.6. The van der Waals surface area contributed by atoms with Crippen LogP contribution in [0.5, 0.6) is 5.75 Å². The summed E-state index contributed by atoms with van der Waals surface area (Å²) in [7, 11) is 5.26. The second kappa shape index (κ2) is 8.86. The maximum atomic E-state index is 12.8. The highest BCUT2D eigenvalue weighted by molar-refractivity contribution is 5.99. The van der Waals surface area contributed by atoms with E-state index in [0.717, 1.165) is 22.8 Å². The molecular weight excluding hydrogens is 380 g/mol. The minimum absolute atomic E-state index is 0.0392. The lowest BCUT2D eigenvalue weighted by Gasteiger charge is -2.14. The molecule has 0 N–H and O–H groups in total. The molecule has 0 amide bonds. The maximum absolute atomic E-state index is 12.8. The quantitative estimate of drug-likeness (QED) is 0.435. The molecule has 0 aliphatic carbocycles. The van der Waals surface area contributed by atoms with Gasteiger partial charge in [0.05, 0.1) is 12.7 Å². The van der Waals surface area contributed by atoms with Crippen LogP contribution in [-0.2, 0) is 4.74 Å². The number of hydrogen-bond donors (Lipinski definition) is 0. The van der Waals surface area contributed by atoms with E-state index in [-0.39, 0.29) is 18.4 Å². The van der Waals surface area contributed by atoms with E-state index in [9.17, 15) is 9.59 Å². The summed E-state index contributed by atoms with van der Waals surface area (Å²) in [5, 5.41) is 0. The molecule has 0 saturated heterocycles. The van der Waals surface area contributed by atoms with Gasteiger partial charge < -0.3 is 18.9 Å². The Morgan fingerprint density at radius 3 is 2.33 bits per heavy atom. The standard InChI is InChI=1S/C24H26N2O4/c1-16-13-22(23(27)15-30-21-8-6-7-20(14-21)25(3)4)17(2)26(16)19-11-9-18(10-12-19)24(28)29-5/h6-14H,15H2,1-5H3. The molecule has 0 atom stereocenters. The third kappa shape index (κ3) is 4.38. The first kappa shape index (κ1) is 21.2. The molecule has 2 aromatic carbocycles. The van der Waals surface area contributed by atoms with Gasteiger partial charge in [0.15, 0.2) is 6.61 Å². The van der Waals surface area contributed by atoms with Crippen molar-refractivity contribution in [3.05, 3.63) is 77.1 Å². The zero-order chi connectivity index (χ0) is 21.8. The summed E-state index contributed by atoms with van der Waals surface area (Å²) in [4.78, 5) is 26.5. The molecule has 0 radical (unpaired) electrons.